The normalized spacial score (nSPS) is 11.2. The largest absolute Gasteiger partial charge is 0.484 e. The first-order valence-corrected chi connectivity index (χ1v) is 8.41. The minimum atomic E-state index is -0.0377. The number of carbonyl (C=O) groups excluding carboxylic acids is 1. The van der Waals surface area contributed by atoms with E-state index >= 15 is 0 Å². The zero-order chi connectivity index (χ0) is 17.7. The third-order valence-corrected chi connectivity index (χ3v) is 3.99. The summed E-state index contributed by atoms with van der Waals surface area (Å²) in [5.41, 5.74) is 3.30. The lowest BCUT2D eigenvalue weighted by atomic mass is 9.87. The fourth-order valence-corrected chi connectivity index (χ4v) is 2.57. The molecule has 0 aliphatic carbocycles. The van der Waals surface area contributed by atoms with E-state index in [1.165, 1.54) is 5.56 Å². The van der Waals surface area contributed by atoms with Crippen LogP contribution in [0.3, 0.4) is 0 Å². The van der Waals surface area contributed by atoms with E-state index in [1.807, 2.05) is 56.3 Å². The van der Waals surface area contributed by atoms with Gasteiger partial charge in [-0.1, -0.05) is 45.0 Å². The number of anilines is 1. The van der Waals surface area contributed by atoms with Crippen molar-refractivity contribution in [1.82, 2.24) is 0 Å². The molecular formula is C21H27NO2. The lowest BCUT2D eigenvalue weighted by molar-refractivity contribution is -0.120. The highest BCUT2D eigenvalue weighted by molar-refractivity contribution is 5.94. The van der Waals surface area contributed by atoms with Gasteiger partial charge in [0.2, 0.25) is 0 Å². The third-order valence-electron chi connectivity index (χ3n) is 3.99. The highest BCUT2D eigenvalue weighted by Crippen LogP contribution is 2.25. The van der Waals surface area contributed by atoms with Crippen LogP contribution in [0.25, 0.3) is 0 Å². The van der Waals surface area contributed by atoms with Crippen LogP contribution in [0.2, 0.25) is 0 Å². The van der Waals surface area contributed by atoms with Gasteiger partial charge in [-0.05, 0) is 54.7 Å². The van der Waals surface area contributed by atoms with Gasteiger partial charge in [0.1, 0.15) is 5.75 Å². The molecular weight excluding hydrogens is 298 g/mol. The summed E-state index contributed by atoms with van der Waals surface area (Å²) in [4.78, 5) is 14.3. The third kappa shape index (κ3) is 4.60. The highest BCUT2D eigenvalue weighted by atomic mass is 16.5. The predicted molar refractivity (Wildman–Crippen MR) is 99.8 cm³/mol. The molecule has 2 aromatic rings. The molecule has 3 heteroatoms. The quantitative estimate of drug-likeness (QED) is 0.796. The van der Waals surface area contributed by atoms with Crippen LogP contribution in [-0.4, -0.2) is 19.1 Å². The second kappa shape index (κ2) is 7.52. The lowest BCUT2D eigenvalue weighted by Crippen LogP contribution is -2.34. The van der Waals surface area contributed by atoms with Crippen LogP contribution in [0.15, 0.2) is 48.5 Å². The van der Waals surface area contributed by atoms with Gasteiger partial charge in [-0.15, -0.1) is 0 Å². The number of carbonyl (C=O) groups is 1. The fraction of sp³-hybridized carbons (Fsp3) is 0.381. The summed E-state index contributed by atoms with van der Waals surface area (Å²) < 4.78 is 5.75. The summed E-state index contributed by atoms with van der Waals surface area (Å²) in [5, 5.41) is 0. The molecule has 0 radical (unpaired) electrons. The first-order valence-electron chi connectivity index (χ1n) is 8.41. The molecule has 0 N–H and O–H groups in total. The van der Waals surface area contributed by atoms with Gasteiger partial charge in [0, 0.05) is 12.2 Å². The summed E-state index contributed by atoms with van der Waals surface area (Å²) in [6.45, 7) is 11.1. The molecule has 3 nitrogen and oxygen atoms in total. The molecule has 0 saturated heterocycles. The van der Waals surface area contributed by atoms with Crippen molar-refractivity contribution >= 4 is 11.6 Å². The van der Waals surface area contributed by atoms with E-state index in [0.717, 1.165) is 17.0 Å². The van der Waals surface area contributed by atoms with Crippen molar-refractivity contribution in [2.45, 2.75) is 40.0 Å². The Bertz CT molecular complexity index is 701. The van der Waals surface area contributed by atoms with Crippen molar-refractivity contribution in [3.05, 3.63) is 59.7 Å². The smallest absolute Gasteiger partial charge is 0.264 e. The van der Waals surface area contributed by atoms with Crippen molar-refractivity contribution in [1.29, 1.82) is 0 Å². The Morgan fingerprint density at radius 2 is 1.79 bits per heavy atom. The number of amides is 1. The van der Waals surface area contributed by atoms with Crippen LogP contribution < -0.4 is 9.64 Å². The van der Waals surface area contributed by atoms with Crippen LogP contribution in [0.4, 0.5) is 5.69 Å². The minimum absolute atomic E-state index is 0.0371. The van der Waals surface area contributed by atoms with Crippen LogP contribution in [0.1, 0.15) is 38.8 Å². The average Bonchev–Trinajstić information content (AvgIpc) is 2.53. The Labute approximate surface area is 145 Å². The van der Waals surface area contributed by atoms with Crippen molar-refractivity contribution in [3.63, 3.8) is 0 Å². The number of hydrogen-bond donors (Lipinski definition) is 0. The molecule has 0 unspecified atom stereocenters. The zero-order valence-electron chi connectivity index (χ0n) is 15.3. The van der Waals surface area contributed by atoms with E-state index in [2.05, 4.69) is 26.8 Å². The summed E-state index contributed by atoms with van der Waals surface area (Å²) in [6, 6.07) is 15.9. The van der Waals surface area contributed by atoms with Crippen molar-refractivity contribution < 1.29 is 9.53 Å². The molecule has 0 aliphatic rings. The summed E-state index contributed by atoms with van der Waals surface area (Å²) in [6.07, 6.45) is 0. The van der Waals surface area contributed by atoms with Gasteiger partial charge >= 0.3 is 0 Å². The molecule has 24 heavy (non-hydrogen) atoms. The van der Waals surface area contributed by atoms with Crippen molar-refractivity contribution in [2.75, 3.05) is 18.1 Å². The number of aryl methyl sites for hydroxylation is 1. The Balaban J connectivity index is 2.07. The van der Waals surface area contributed by atoms with Gasteiger partial charge in [-0.25, -0.2) is 0 Å². The maximum atomic E-state index is 12.5. The molecule has 0 saturated carbocycles. The minimum Gasteiger partial charge on any atom is -0.484 e. The van der Waals surface area contributed by atoms with Gasteiger partial charge < -0.3 is 9.64 Å². The van der Waals surface area contributed by atoms with E-state index in [-0.39, 0.29) is 17.9 Å². The summed E-state index contributed by atoms with van der Waals surface area (Å²) >= 11 is 0. The van der Waals surface area contributed by atoms with E-state index in [1.54, 1.807) is 4.90 Å². The van der Waals surface area contributed by atoms with Crippen LogP contribution >= 0.6 is 0 Å². The van der Waals surface area contributed by atoms with Crippen LogP contribution in [0.5, 0.6) is 5.75 Å². The Morgan fingerprint density at radius 3 is 2.42 bits per heavy atom. The summed E-state index contributed by atoms with van der Waals surface area (Å²) in [5.74, 6) is 0.695. The molecule has 0 spiro atoms. The second-order valence-electron chi connectivity index (χ2n) is 7.04. The fourth-order valence-electron chi connectivity index (χ4n) is 2.57. The van der Waals surface area contributed by atoms with Crippen LogP contribution in [0, 0.1) is 6.92 Å². The highest BCUT2D eigenvalue weighted by Gasteiger charge is 2.16. The maximum Gasteiger partial charge on any atom is 0.264 e. The number of nitrogens with zero attached hydrogens (tertiary/aromatic N) is 1. The molecule has 2 rings (SSSR count). The summed E-state index contributed by atoms with van der Waals surface area (Å²) in [7, 11) is 0. The second-order valence-corrected chi connectivity index (χ2v) is 7.04. The topological polar surface area (TPSA) is 29.5 Å². The van der Waals surface area contributed by atoms with Crippen LogP contribution in [-0.2, 0) is 10.2 Å². The molecule has 0 aliphatic heterocycles. The molecule has 0 aromatic heterocycles. The number of benzene rings is 2. The number of ether oxygens (including phenoxy) is 1. The molecule has 2 aromatic carbocycles. The first kappa shape index (κ1) is 18.1. The SMILES string of the molecule is CCN(C(=O)COc1cccc(C(C)(C)C)c1)c1cccc(C)c1. The molecule has 128 valence electrons. The Morgan fingerprint density at radius 1 is 1.08 bits per heavy atom. The number of likely N-dealkylation sites (N-methyl/N-ethyl adjacent to an activating group) is 1. The number of hydrogen-bond acceptors (Lipinski definition) is 2. The molecule has 0 bridgehead atoms. The Kier molecular flexibility index (Phi) is 5.66. The molecule has 0 fully saturated rings. The van der Waals surface area contributed by atoms with E-state index in [9.17, 15) is 4.79 Å². The molecule has 1 amide bonds. The monoisotopic (exact) mass is 325 g/mol. The van der Waals surface area contributed by atoms with E-state index in [4.69, 9.17) is 4.74 Å². The van der Waals surface area contributed by atoms with Gasteiger partial charge in [-0.3, -0.25) is 4.79 Å². The van der Waals surface area contributed by atoms with Crippen molar-refractivity contribution in [2.24, 2.45) is 0 Å². The van der Waals surface area contributed by atoms with Gasteiger partial charge in [0.05, 0.1) is 0 Å². The van der Waals surface area contributed by atoms with Gasteiger partial charge in [0.25, 0.3) is 5.91 Å². The maximum absolute atomic E-state index is 12.5. The predicted octanol–water partition coefficient (Wildman–Crippen LogP) is 4.72. The standard InChI is InChI=1S/C21H27NO2/c1-6-22(18-11-7-9-16(2)13-18)20(23)15-24-19-12-8-10-17(14-19)21(3,4)5/h7-14H,6,15H2,1-5H3. The lowest BCUT2D eigenvalue weighted by Gasteiger charge is -2.22. The zero-order valence-corrected chi connectivity index (χ0v) is 15.3. The Hall–Kier alpha value is -2.29. The number of rotatable bonds is 5. The molecule has 0 heterocycles. The van der Waals surface area contributed by atoms with Gasteiger partial charge in [-0.2, -0.15) is 0 Å². The molecule has 0 atom stereocenters. The van der Waals surface area contributed by atoms with Crippen molar-refractivity contribution in [3.8, 4) is 5.75 Å². The van der Waals surface area contributed by atoms with E-state index < -0.39 is 0 Å². The van der Waals surface area contributed by atoms with Gasteiger partial charge in [0.15, 0.2) is 6.61 Å². The first-order chi connectivity index (χ1) is 11.3. The van der Waals surface area contributed by atoms with E-state index in [0.29, 0.717) is 6.54 Å². The average molecular weight is 325 g/mol.